The van der Waals surface area contributed by atoms with E-state index >= 15 is 0 Å². The third-order valence-corrected chi connectivity index (χ3v) is 4.12. The third-order valence-electron chi connectivity index (χ3n) is 4.12. The Morgan fingerprint density at radius 1 is 1.15 bits per heavy atom. The first-order chi connectivity index (χ1) is 12.7. The largest absolute Gasteiger partial charge is 0.383 e. The first-order valence-electron chi connectivity index (χ1n) is 8.46. The van der Waals surface area contributed by atoms with Gasteiger partial charge in [0.05, 0.1) is 30.9 Å². The van der Waals surface area contributed by atoms with Gasteiger partial charge in [-0.25, -0.2) is 4.98 Å². The number of ether oxygens (including phenoxy) is 1. The lowest BCUT2D eigenvalue weighted by Gasteiger charge is -2.09. The van der Waals surface area contributed by atoms with Crippen molar-refractivity contribution in [2.75, 3.05) is 13.7 Å². The summed E-state index contributed by atoms with van der Waals surface area (Å²) >= 11 is 0. The minimum atomic E-state index is -0.118. The standard InChI is InChI=1S/C20H22N4O2/c1-15-3-8-19(22-11-15)16-4-6-17(7-5-16)20(25)23-13-18-12-21-14-24(18)9-10-26-2/h3-8,11-12,14H,9-10,13H2,1-2H3,(H,23,25). The van der Waals surface area contributed by atoms with Crippen LogP contribution in [-0.4, -0.2) is 34.2 Å². The van der Waals surface area contributed by atoms with E-state index in [-0.39, 0.29) is 5.91 Å². The minimum Gasteiger partial charge on any atom is -0.383 e. The molecule has 0 atom stereocenters. The molecule has 0 radical (unpaired) electrons. The molecule has 2 aromatic heterocycles. The number of benzene rings is 1. The fourth-order valence-electron chi connectivity index (χ4n) is 2.59. The SMILES string of the molecule is COCCn1cncc1CNC(=O)c1ccc(-c2ccc(C)cn2)cc1. The number of methoxy groups -OCH3 is 1. The predicted octanol–water partition coefficient (Wildman–Crippen LogP) is 2.83. The fourth-order valence-corrected chi connectivity index (χ4v) is 2.59. The average molecular weight is 350 g/mol. The van der Waals surface area contributed by atoms with Crippen molar-refractivity contribution in [1.82, 2.24) is 19.9 Å². The van der Waals surface area contributed by atoms with Gasteiger partial charge in [0.25, 0.3) is 5.91 Å². The minimum absolute atomic E-state index is 0.118. The van der Waals surface area contributed by atoms with Crippen LogP contribution in [0.1, 0.15) is 21.6 Å². The second-order valence-corrected chi connectivity index (χ2v) is 6.05. The van der Waals surface area contributed by atoms with Crippen LogP contribution in [0.4, 0.5) is 0 Å². The second-order valence-electron chi connectivity index (χ2n) is 6.05. The molecular formula is C20H22N4O2. The smallest absolute Gasteiger partial charge is 0.251 e. The van der Waals surface area contributed by atoms with Crippen LogP contribution in [0, 0.1) is 6.92 Å². The maximum Gasteiger partial charge on any atom is 0.251 e. The number of pyridine rings is 1. The summed E-state index contributed by atoms with van der Waals surface area (Å²) in [6, 6.07) is 11.5. The van der Waals surface area contributed by atoms with Crippen LogP contribution in [0.3, 0.4) is 0 Å². The van der Waals surface area contributed by atoms with Gasteiger partial charge in [-0.05, 0) is 30.7 Å². The predicted molar refractivity (Wildman–Crippen MR) is 99.7 cm³/mol. The molecule has 26 heavy (non-hydrogen) atoms. The maximum absolute atomic E-state index is 12.4. The highest BCUT2D eigenvalue weighted by Crippen LogP contribution is 2.17. The highest BCUT2D eigenvalue weighted by molar-refractivity contribution is 5.94. The summed E-state index contributed by atoms with van der Waals surface area (Å²) in [5.74, 6) is -0.118. The van der Waals surface area contributed by atoms with E-state index in [4.69, 9.17) is 4.74 Å². The zero-order chi connectivity index (χ0) is 18.4. The number of aryl methyl sites for hydroxylation is 1. The van der Waals surface area contributed by atoms with Gasteiger partial charge in [-0.2, -0.15) is 0 Å². The van der Waals surface area contributed by atoms with Crippen molar-refractivity contribution in [3.05, 3.63) is 71.9 Å². The molecular weight excluding hydrogens is 328 g/mol. The molecule has 2 heterocycles. The first-order valence-corrected chi connectivity index (χ1v) is 8.46. The molecule has 0 spiro atoms. The van der Waals surface area contributed by atoms with Gasteiger partial charge in [0.1, 0.15) is 0 Å². The molecule has 1 N–H and O–H groups in total. The summed E-state index contributed by atoms with van der Waals surface area (Å²) in [4.78, 5) is 20.9. The van der Waals surface area contributed by atoms with Crippen LogP contribution in [0.25, 0.3) is 11.3 Å². The van der Waals surface area contributed by atoms with Gasteiger partial charge in [-0.1, -0.05) is 18.2 Å². The average Bonchev–Trinajstić information content (AvgIpc) is 3.12. The molecule has 0 unspecified atom stereocenters. The number of carbonyl (C=O) groups is 1. The van der Waals surface area contributed by atoms with Gasteiger partial charge in [0.15, 0.2) is 0 Å². The van der Waals surface area contributed by atoms with E-state index in [0.29, 0.717) is 25.3 Å². The lowest BCUT2D eigenvalue weighted by Crippen LogP contribution is -2.24. The van der Waals surface area contributed by atoms with Gasteiger partial charge in [0, 0.05) is 37.2 Å². The van der Waals surface area contributed by atoms with Crippen molar-refractivity contribution in [3.8, 4) is 11.3 Å². The van der Waals surface area contributed by atoms with E-state index in [1.54, 1.807) is 19.6 Å². The number of amides is 1. The Morgan fingerprint density at radius 2 is 1.96 bits per heavy atom. The molecule has 0 saturated heterocycles. The third kappa shape index (κ3) is 4.34. The summed E-state index contributed by atoms with van der Waals surface area (Å²) in [6.45, 7) is 3.74. The summed E-state index contributed by atoms with van der Waals surface area (Å²) in [6.07, 6.45) is 5.33. The molecule has 134 valence electrons. The molecule has 0 aliphatic rings. The Morgan fingerprint density at radius 3 is 2.65 bits per heavy atom. The Kier molecular flexibility index (Phi) is 5.76. The fraction of sp³-hybridized carbons (Fsp3) is 0.250. The highest BCUT2D eigenvalue weighted by Gasteiger charge is 2.08. The Labute approximate surface area is 152 Å². The number of nitrogens with zero attached hydrogens (tertiary/aromatic N) is 3. The number of hydrogen-bond acceptors (Lipinski definition) is 4. The van der Waals surface area contributed by atoms with Crippen LogP contribution in [-0.2, 0) is 17.8 Å². The summed E-state index contributed by atoms with van der Waals surface area (Å²) in [5.41, 5.74) is 4.55. The molecule has 6 heteroatoms. The molecule has 0 aliphatic carbocycles. The molecule has 1 aromatic carbocycles. The Bertz CT molecular complexity index is 854. The van der Waals surface area contributed by atoms with E-state index in [2.05, 4.69) is 15.3 Å². The van der Waals surface area contributed by atoms with Gasteiger partial charge in [-0.15, -0.1) is 0 Å². The molecule has 3 aromatic rings. The lowest BCUT2D eigenvalue weighted by atomic mass is 10.1. The van der Waals surface area contributed by atoms with Crippen molar-refractivity contribution >= 4 is 5.91 Å². The van der Waals surface area contributed by atoms with Crippen molar-refractivity contribution < 1.29 is 9.53 Å². The monoisotopic (exact) mass is 350 g/mol. The van der Waals surface area contributed by atoms with Gasteiger partial charge < -0.3 is 14.6 Å². The van der Waals surface area contributed by atoms with Gasteiger partial charge in [-0.3, -0.25) is 9.78 Å². The van der Waals surface area contributed by atoms with Crippen LogP contribution in [0.15, 0.2) is 55.1 Å². The van der Waals surface area contributed by atoms with E-state index < -0.39 is 0 Å². The van der Waals surface area contributed by atoms with Crippen molar-refractivity contribution in [1.29, 1.82) is 0 Å². The Balaban J connectivity index is 1.62. The molecule has 0 aliphatic heterocycles. The number of hydrogen-bond donors (Lipinski definition) is 1. The van der Waals surface area contributed by atoms with E-state index in [9.17, 15) is 4.79 Å². The topological polar surface area (TPSA) is 69.0 Å². The molecule has 0 fully saturated rings. The molecule has 6 nitrogen and oxygen atoms in total. The van der Waals surface area contributed by atoms with Crippen molar-refractivity contribution in [2.45, 2.75) is 20.0 Å². The number of rotatable bonds is 7. The summed E-state index contributed by atoms with van der Waals surface area (Å²) < 4.78 is 7.05. The number of nitrogens with one attached hydrogen (secondary N) is 1. The first kappa shape index (κ1) is 17.8. The molecule has 1 amide bonds. The quantitative estimate of drug-likeness (QED) is 0.711. The van der Waals surface area contributed by atoms with Crippen molar-refractivity contribution in [2.24, 2.45) is 0 Å². The van der Waals surface area contributed by atoms with E-state index in [1.165, 1.54) is 0 Å². The van der Waals surface area contributed by atoms with Crippen molar-refractivity contribution in [3.63, 3.8) is 0 Å². The summed E-state index contributed by atoms with van der Waals surface area (Å²) in [5, 5.41) is 2.93. The summed E-state index contributed by atoms with van der Waals surface area (Å²) in [7, 11) is 1.66. The zero-order valence-electron chi connectivity index (χ0n) is 15.0. The van der Waals surface area contributed by atoms with E-state index in [0.717, 1.165) is 22.5 Å². The maximum atomic E-state index is 12.4. The van der Waals surface area contributed by atoms with Gasteiger partial charge in [0.2, 0.25) is 0 Å². The number of aromatic nitrogens is 3. The van der Waals surface area contributed by atoms with Gasteiger partial charge >= 0.3 is 0 Å². The number of carbonyl (C=O) groups excluding carboxylic acids is 1. The molecule has 0 saturated carbocycles. The van der Waals surface area contributed by atoms with Crippen LogP contribution in [0.5, 0.6) is 0 Å². The molecule has 0 bridgehead atoms. The van der Waals surface area contributed by atoms with Crippen LogP contribution < -0.4 is 5.32 Å². The Hall–Kier alpha value is -2.99. The van der Waals surface area contributed by atoms with Crippen LogP contribution >= 0.6 is 0 Å². The highest BCUT2D eigenvalue weighted by atomic mass is 16.5. The second kappa shape index (κ2) is 8.40. The normalized spacial score (nSPS) is 10.7. The number of imidazole rings is 1. The zero-order valence-corrected chi connectivity index (χ0v) is 15.0. The van der Waals surface area contributed by atoms with Crippen LogP contribution in [0.2, 0.25) is 0 Å². The van der Waals surface area contributed by atoms with E-state index in [1.807, 2.05) is 54.1 Å². The molecule has 3 rings (SSSR count). The lowest BCUT2D eigenvalue weighted by molar-refractivity contribution is 0.0950.